The number of nitriles is 1. The maximum atomic E-state index is 8.71. The first-order chi connectivity index (χ1) is 5.14. The minimum atomic E-state index is -0.199. The van der Waals surface area contributed by atoms with Gasteiger partial charge in [0, 0.05) is 12.6 Å². The normalized spacial score (nSPS) is 19.0. The molecule has 1 fully saturated rings. The fraction of sp³-hybridized carbons (Fsp3) is 0.889. The van der Waals surface area contributed by atoms with Crippen LogP contribution in [0.1, 0.15) is 33.1 Å². The zero-order chi connectivity index (χ0) is 8.32. The Kier molecular flexibility index (Phi) is 2.51. The Morgan fingerprint density at radius 1 is 1.55 bits per heavy atom. The summed E-state index contributed by atoms with van der Waals surface area (Å²) < 4.78 is 0. The molecule has 11 heavy (non-hydrogen) atoms. The molecule has 1 N–H and O–H groups in total. The van der Waals surface area contributed by atoms with Gasteiger partial charge in [-0.1, -0.05) is 6.42 Å². The van der Waals surface area contributed by atoms with Crippen LogP contribution in [0.2, 0.25) is 0 Å². The molecule has 0 atom stereocenters. The van der Waals surface area contributed by atoms with Crippen LogP contribution in [0.5, 0.6) is 0 Å². The summed E-state index contributed by atoms with van der Waals surface area (Å²) in [5.41, 5.74) is -0.199. The summed E-state index contributed by atoms with van der Waals surface area (Å²) in [4.78, 5) is 0. The highest BCUT2D eigenvalue weighted by Crippen LogP contribution is 2.20. The van der Waals surface area contributed by atoms with Gasteiger partial charge in [-0.25, -0.2) is 0 Å². The van der Waals surface area contributed by atoms with Crippen molar-refractivity contribution in [2.75, 3.05) is 6.54 Å². The van der Waals surface area contributed by atoms with Crippen LogP contribution < -0.4 is 5.32 Å². The molecular weight excluding hydrogens is 136 g/mol. The molecule has 0 amide bonds. The molecule has 0 aromatic heterocycles. The fourth-order valence-corrected chi connectivity index (χ4v) is 1.05. The second-order valence-corrected chi connectivity index (χ2v) is 4.00. The molecule has 0 aromatic carbocycles. The van der Waals surface area contributed by atoms with E-state index in [2.05, 4.69) is 11.4 Å². The van der Waals surface area contributed by atoms with Crippen molar-refractivity contribution in [1.29, 1.82) is 5.26 Å². The first kappa shape index (κ1) is 8.55. The minimum Gasteiger partial charge on any atom is -0.312 e. The average Bonchev–Trinajstić information content (AvgIpc) is 1.84. The quantitative estimate of drug-likeness (QED) is 0.667. The van der Waals surface area contributed by atoms with E-state index in [4.69, 9.17) is 5.26 Å². The van der Waals surface area contributed by atoms with E-state index in [1.165, 1.54) is 19.3 Å². The van der Waals surface area contributed by atoms with Crippen molar-refractivity contribution in [3.63, 3.8) is 0 Å². The molecule has 1 aliphatic carbocycles. The average molecular weight is 152 g/mol. The van der Waals surface area contributed by atoms with Gasteiger partial charge in [-0.2, -0.15) is 5.26 Å². The second-order valence-electron chi connectivity index (χ2n) is 4.00. The summed E-state index contributed by atoms with van der Waals surface area (Å²) in [5, 5.41) is 12.1. The summed E-state index contributed by atoms with van der Waals surface area (Å²) >= 11 is 0. The van der Waals surface area contributed by atoms with Gasteiger partial charge in [0.25, 0.3) is 0 Å². The molecular formula is C9H16N2. The van der Waals surface area contributed by atoms with E-state index < -0.39 is 0 Å². The zero-order valence-electron chi connectivity index (χ0n) is 7.35. The number of nitrogens with one attached hydrogen (secondary N) is 1. The van der Waals surface area contributed by atoms with Gasteiger partial charge >= 0.3 is 0 Å². The highest BCUT2D eigenvalue weighted by Gasteiger charge is 2.21. The van der Waals surface area contributed by atoms with Crippen molar-refractivity contribution in [2.24, 2.45) is 5.41 Å². The maximum Gasteiger partial charge on any atom is 0.0697 e. The lowest BCUT2D eigenvalue weighted by atomic mass is 9.90. The Labute approximate surface area is 68.6 Å². The SMILES string of the molecule is CC(C)(C#N)CNC1CCC1. The summed E-state index contributed by atoms with van der Waals surface area (Å²) in [6.45, 7) is 4.77. The number of rotatable bonds is 3. The number of nitrogens with zero attached hydrogens (tertiary/aromatic N) is 1. The lowest BCUT2D eigenvalue weighted by molar-refractivity contribution is 0.304. The second kappa shape index (κ2) is 3.23. The van der Waals surface area contributed by atoms with Gasteiger partial charge in [0.05, 0.1) is 11.5 Å². The van der Waals surface area contributed by atoms with E-state index >= 15 is 0 Å². The molecule has 1 aliphatic rings. The van der Waals surface area contributed by atoms with Gasteiger partial charge in [-0.15, -0.1) is 0 Å². The first-order valence-corrected chi connectivity index (χ1v) is 4.29. The van der Waals surface area contributed by atoms with Gasteiger partial charge in [0.15, 0.2) is 0 Å². The number of hydrogen-bond donors (Lipinski definition) is 1. The van der Waals surface area contributed by atoms with E-state index in [9.17, 15) is 0 Å². The van der Waals surface area contributed by atoms with E-state index in [0.717, 1.165) is 6.54 Å². The van der Waals surface area contributed by atoms with E-state index in [1.54, 1.807) is 0 Å². The molecule has 0 saturated heterocycles. The van der Waals surface area contributed by atoms with Crippen molar-refractivity contribution in [1.82, 2.24) is 5.32 Å². The summed E-state index contributed by atoms with van der Waals surface area (Å²) in [6, 6.07) is 2.98. The largest absolute Gasteiger partial charge is 0.312 e. The molecule has 2 nitrogen and oxygen atoms in total. The monoisotopic (exact) mass is 152 g/mol. The number of hydrogen-bond acceptors (Lipinski definition) is 2. The summed E-state index contributed by atoms with van der Waals surface area (Å²) in [7, 11) is 0. The van der Waals surface area contributed by atoms with Gasteiger partial charge in [-0.05, 0) is 26.7 Å². The lowest BCUT2D eigenvalue weighted by Gasteiger charge is -2.29. The standard InChI is InChI=1S/C9H16N2/c1-9(2,6-10)7-11-8-4-3-5-8/h8,11H,3-5,7H2,1-2H3. The Balaban J connectivity index is 2.16. The van der Waals surface area contributed by atoms with Crippen LogP contribution in [0, 0.1) is 16.7 Å². The highest BCUT2D eigenvalue weighted by molar-refractivity contribution is 4.94. The Hall–Kier alpha value is -0.550. The van der Waals surface area contributed by atoms with Crippen LogP contribution in [0.3, 0.4) is 0 Å². The molecule has 0 unspecified atom stereocenters. The highest BCUT2D eigenvalue weighted by atomic mass is 14.9. The van der Waals surface area contributed by atoms with Crippen molar-refractivity contribution < 1.29 is 0 Å². The third-order valence-corrected chi connectivity index (χ3v) is 2.24. The molecule has 62 valence electrons. The predicted octanol–water partition coefficient (Wildman–Crippen LogP) is 1.68. The van der Waals surface area contributed by atoms with Crippen LogP contribution in [0.25, 0.3) is 0 Å². The van der Waals surface area contributed by atoms with Gasteiger partial charge < -0.3 is 5.32 Å². The smallest absolute Gasteiger partial charge is 0.0697 e. The molecule has 2 heteroatoms. The van der Waals surface area contributed by atoms with Crippen LogP contribution in [-0.2, 0) is 0 Å². The molecule has 0 spiro atoms. The van der Waals surface area contributed by atoms with E-state index in [-0.39, 0.29) is 5.41 Å². The predicted molar refractivity (Wildman–Crippen MR) is 45.0 cm³/mol. The molecule has 1 rings (SSSR count). The first-order valence-electron chi connectivity index (χ1n) is 4.29. The van der Waals surface area contributed by atoms with Crippen LogP contribution in [-0.4, -0.2) is 12.6 Å². The summed E-state index contributed by atoms with van der Waals surface area (Å²) in [6.07, 6.45) is 3.94. The van der Waals surface area contributed by atoms with Gasteiger partial charge in [0.1, 0.15) is 0 Å². The van der Waals surface area contributed by atoms with Crippen molar-refractivity contribution in [2.45, 2.75) is 39.2 Å². The van der Waals surface area contributed by atoms with Gasteiger partial charge in [-0.3, -0.25) is 0 Å². The molecule has 0 radical (unpaired) electrons. The van der Waals surface area contributed by atoms with Gasteiger partial charge in [0.2, 0.25) is 0 Å². The zero-order valence-corrected chi connectivity index (χ0v) is 7.35. The Morgan fingerprint density at radius 3 is 2.55 bits per heavy atom. The van der Waals surface area contributed by atoms with Crippen molar-refractivity contribution >= 4 is 0 Å². The van der Waals surface area contributed by atoms with Crippen LogP contribution in [0.4, 0.5) is 0 Å². The van der Waals surface area contributed by atoms with E-state index in [1.807, 2.05) is 13.8 Å². The van der Waals surface area contributed by atoms with Crippen LogP contribution >= 0.6 is 0 Å². The lowest BCUT2D eigenvalue weighted by Crippen LogP contribution is -2.40. The molecule has 0 bridgehead atoms. The van der Waals surface area contributed by atoms with Crippen molar-refractivity contribution in [3.05, 3.63) is 0 Å². The maximum absolute atomic E-state index is 8.71. The third-order valence-electron chi connectivity index (χ3n) is 2.24. The topological polar surface area (TPSA) is 35.8 Å². The fourth-order valence-electron chi connectivity index (χ4n) is 1.05. The summed E-state index contributed by atoms with van der Waals surface area (Å²) in [5.74, 6) is 0. The molecule has 0 aliphatic heterocycles. The van der Waals surface area contributed by atoms with Crippen LogP contribution in [0.15, 0.2) is 0 Å². The molecule has 0 aromatic rings. The Bertz CT molecular complexity index is 163. The molecule has 0 heterocycles. The van der Waals surface area contributed by atoms with Crippen molar-refractivity contribution in [3.8, 4) is 6.07 Å². The third kappa shape index (κ3) is 2.51. The minimum absolute atomic E-state index is 0.199. The Morgan fingerprint density at radius 2 is 2.18 bits per heavy atom. The molecule has 1 saturated carbocycles. The van der Waals surface area contributed by atoms with E-state index in [0.29, 0.717) is 6.04 Å².